The fraction of sp³-hybridized carbons (Fsp3) is 0.154. The number of methoxy groups -OCH3 is 2. The first kappa shape index (κ1) is 12.6. The predicted molar refractivity (Wildman–Crippen MR) is 69.6 cm³/mol. The van der Waals surface area contributed by atoms with E-state index in [2.05, 4.69) is 15.3 Å². The number of ether oxygens (including phenoxy) is 2. The molecule has 1 aromatic carbocycles. The highest BCUT2D eigenvalue weighted by atomic mass is 16.5. The van der Waals surface area contributed by atoms with Gasteiger partial charge >= 0.3 is 0 Å². The van der Waals surface area contributed by atoms with Crippen LogP contribution in [0.25, 0.3) is 0 Å². The predicted octanol–water partition coefficient (Wildman–Crippen LogP) is 2.11. The van der Waals surface area contributed by atoms with Crippen LogP contribution in [0.1, 0.15) is 5.56 Å². The maximum Gasteiger partial charge on any atom is 0.151 e. The van der Waals surface area contributed by atoms with E-state index in [1.54, 1.807) is 32.4 Å². The Hall–Kier alpha value is -2.81. The van der Waals surface area contributed by atoms with Crippen molar-refractivity contribution < 1.29 is 9.47 Å². The Kier molecular flexibility index (Phi) is 3.78. The molecule has 0 fully saturated rings. The van der Waals surface area contributed by atoms with Crippen LogP contribution in [-0.4, -0.2) is 24.2 Å². The molecule has 6 nitrogen and oxygen atoms in total. The normalized spacial score (nSPS) is 9.53. The van der Waals surface area contributed by atoms with Crippen LogP contribution in [0.3, 0.4) is 0 Å². The molecule has 2 aromatic rings. The van der Waals surface area contributed by atoms with Gasteiger partial charge in [0.1, 0.15) is 29.5 Å². The minimum absolute atomic E-state index is 0.354. The molecule has 0 aliphatic carbocycles. The lowest BCUT2D eigenvalue weighted by Crippen LogP contribution is -2.00. The van der Waals surface area contributed by atoms with Crippen molar-refractivity contribution in [2.45, 2.75) is 0 Å². The molecule has 0 atom stereocenters. The van der Waals surface area contributed by atoms with Gasteiger partial charge in [-0.3, -0.25) is 0 Å². The van der Waals surface area contributed by atoms with E-state index < -0.39 is 0 Å². The summed E-state index contributed by atoms with van der Waals surface area (Å²) < 4.78 is 10.4. The summed E-state index contributed by atoms with van der Waals surface area (Å²) in [5, 5.41) is 12.0. The lowest BCUT2D eigenvalue weighted by atomic mass is 10.2. The van der Waals surface area contributed by atoms with Gasteiger partial charge in [-0.1, -0.05) is 0 Å². The number of nitrogens with zero attached hydrogens (tertiary/aromatic N) is 3. The summed E-state index contributed by atoms with van der Waals surface area (Å²) >= 11 is 0. The number of aromatic nitrogens is 2. The van der Waals surface area contributed by atoms with Gasteiger partial charge in [-0.05, 0) is 12.1 Å². The Balaban J connectivity index is 2.39. The number of nitrogens with one attached hydrogen (secondary N) is 1. The maximum absolute atomic E-state index is 9.00. The highest BCUT2D eigenvalue weighted by Crippen LogP contribution is 2.31. The summed E-state index contributed by atoms with van der Waals surface area (Å²) in [7, 11) is 3.15. The van der Waals surface area contributed by atoms with E-state index in [1.165, 1.54) is 12.5 Å². The zero-order valence-electron chi connectivity index (χ0n) is 10.5. The van der Waals surface area contributed by atoms with Gasteiger partial charge in [-0.15, -0.1) is 0 Å². The van der Waals surface area contributed by atoms with E-state index in [9.17, 15) is 0 Å². The van der Waals surface area contributed by atoms with Gasteiger partial charge in [-0.2, -0.15) is 5.26 Å². The van der Waals surface area contributed by atoms with Gasteiger partial charge < -0.3 is 14.8 Å². The average molecular weight is 256 g/mol. The van der Waals surface area contributed by atoms with Gasteiger partial charge in [0.05, 0.1) is 26.1 Å². The minimum Gasteiger partial charge on any atom is -0.497 e. The number of anilines is 2. The van der Waals surface area contributed by atoms with Gasteiger partial charge in [-0.25, -0.2) is 9.97 Å². The number of nitriles is 1. The van der Waals surface area contributed by atoms with Gasteiger partial charge in [0.2, 0.25) is 0 Å². The molecular formula is C13H12N4O2. The van der Waals surface area contributed by atoms with Crippen LogP contribution in [0.4, 0.5) is 11.5 Å². The van der Waals surface area contributed by atoms with Gasteiger partial charge in [0, 0.05) is 6.07 Å². The standard InChI is InChI=1S/C13H12N4O2/c1-18-10-3-4-12(19-2)11(5-10)17-13-9(6-14)7-15-8-16-13/h3-5,7-8H,1-2H3,(H,15,16,17). The van der Waals surface area contributed by atoms with Crippen molar-refractivity contribution in [3.63, 3.8) is 0 Å². The van der Waals surface area contributed by atoms with Crippen molar-refractivity contribution in [2.75, 3.05) is 19.5 Å². The number of hydrogen-bond acceptors (Lipinski definition) is 6. The quantitative estimate of drug-likeness (QED) is 0.902. The first-order valence-corrected chi connectivity index (χ1v) is 5.47. The second kappa shape index (κ2) is 5.69. The first-order chi connectivity index (χ1) is 9.28. The molecule has 0 spiro atoms. The maximum atomic E-state index is 9.00. The zero-order chi connectivity index (χ0) is 13.7. The third-order valence-corrected chi connectivity index (χ3v) is 2.49. The van der Waals surface area contributed by atoms with Crippen molar-refractivity contribution in [3.8, 4) is 17.6 Å². The number of benzene rings is 1. The van der Waals surface area contributed by atoms with Crippen molar-refractivity contribution in [1.29, 1.82) is 5.26 Å². The number of rotatable bonds is 4. The topological polar surface area (TPSA) is 80.1 Å². The number of hydrogen-bond donors (Lipinski definition) is 1. The van der Waals surface area contributed by atoms with Crippen molar-refractivity contribution in [1.82, 2.24) is 9.97 Å². The molecule has 0 saturated heterocycles. The molecule has 0 radical (unpaired) electrons. The molecule has 1 heterocycles. The van der Waals surface area contributed by atoms with Gasteiger partial charge in [0.15, 0.2) is 5.82 Å². The summed E-state index contributed by atoms with van der Waals surface area (Å²) in [6.07, 6.45) is 2.82. The molecule has 0 aliphatic heterocycles. The van der Waals surface area contributed by atoms with Crippen molar-refractivity contribution in [3.05, 3.63) is 36.3 Å². The summed E-state index contributed by atoms with van der Waals surface area (Å²) in [4.78, 5) is 7.84. The van der Waals surface area contributed by atoms with Crippen LogP contribution in [0.5, 0.6) is 11.5 Å². The van der Waals surface area contributed by atoms with Crippen LogP contribution in [0, 0.1) is 11.3 Å². The fourth-order valence-corrected chi connectivity index (χ4v) is 1.55. The Morgan fingerprint density at radius 1 is 1.26 bits per heavy atom. The molecule has 2 rings (SSSR count). The lowest BCUT2D eigenvalue weighted by Gasteiger charge is -2.12. The smallest absolute Gasteiger partial charge is 0.151 e. The Morgan fingerprint density at radius 2 is 2.11 bits per heavy atom. The van der Waals surface area contributed by atoms with Crippen LogP contribution in [0.15, 0.2) is 30.7 Å². The van der Waals surface area contributed by atoms with E-state index >= 15 is 0 Å². The van der Waals surface area contributed by atoms with Crippen LogP contribution in [0.2, 0.25) is 0 Å². The fourth-order valence-electron chi connectivity index (χ4n) is 1.55. The van der Waals surface area contributed by atoms with Crippen LogP contribution < -0.4 is 14.8 Å². The van der Waals surface area contributed by atoms with Crippen LogP contribution >= 0.6 is 0 Å². The Bertz CT molecular complexity index is 622. The second-order valence-electron chi connectivity index (χ2n) is 3.59. The van der Waals surface area contributed by atoms with Crippen molar-refractivity contribution in [2.24, 2.45) is 0 Å². The van der Waals surface area contributed by atoms with Crippen molar-refractivity contribution >= 4 is 11.5 Å². The summed E-state index contributed by atoms with van der Waals surface area (Å²) in [6, 6.07) is 7.35. The molecular weight excluding hydrogens is 244 g/mol. The SMILES string of the molecule is COc1ccc(OC)c(Nc2ncncc2C#N)c1. The Morgan fingerprint density at radius 3 is 2.79 bits per heavy atom. The molecule has 0 aliphatic rings. The first-order valence-electron chi connectivity index (χ1n) is 5.47. The van der Waals surface area contributed by atoms with E-state index in [4.69, 9.17) is 14.7 Å². The van der Waals surface area contributed by atoms with Crippen LogP contribution in [-0.2, 0) is 0 Å². The average Bonchev–Trinajstić information content (AvgIpc) is 2.47. The molecule has 0 amide bonds. The minimum atomic E-state index is 0.354. The van der Waals surface area contributed by atoms with E-state index in [1.807, 2.05) is 6.07 Å². The Labute approximate surface area is 110 Å². The molecule has 6 heteroatoms. The molecule has 1 aromatic heterocycles. The highest BCUT2D eigenvalue weighted by Gasteiger charge is 2.09. The highest BCUT2D eigenvalue weighted by molar-refractivity contribution is 5.69. The summed E-state index contributed by atoms with van der Waals surface area (Å²) in [6.45, 7) is 0. The molecule has 19 heavy (non-hydrogen) atoms. The monoisotopic (exact) mass is 256 g/mol. The largest absolute Gasteiger partial charge is 0.497 e. The van der Waals surface area contributed by atoms with E-state index in [-0.39, 0.29) is 0 Å². The summed E-state index contributed by atoms with van der Waals surface area (Å²) in [5.41, 5.74) is 1.02. The second-order valence-corrected chi connectivity index (χ2v) is 3.59. The van der Waals surface area contributed by atoms with E-state index in [0.717, 1.165) is 0 Å². The molecule has 0 saturated carbocycles. The lowest BCUT2D eigenvalue weighted by molar-refractivity contribution is 0.405. The third kappa shape index (κ3) is 2.72. The molecule has 1 N–H and O–H groups in total. The van der Waals surface area contributed by atoms with E-state index in [0.29, 0.717) is 28.6 Å². The third-order valence-electron chi connectivity index (χ3n) is 2.49. The molecule has 96 valence electrons. The van der Waals surface area contributed by atoms with Gasteiger partial charge in [0.25, 0.3) is 0 Å². The molecule has 0 unspecified atom stereocenters. The molecule has 0 bridgehead atoms. The zero-order valence-corrected chi connectivity index (χ0v) is 10.5. The summed E-state index contributed by atoms with van der Waals surface area (Å²) in [5.74, 6) is 1.73.